The zero-order valence-corrected chi connectivity index (χ0v) is 23.2. The molecule has 0 aromatic heterocycles. The molecule has 0 aliphatic heterocycles. The van der Waals surface area contributed by atoms with Gasteiger partial charge in [0.05, 0.1) is 11.9 Å². The first kappa shape index (κ1) is 28.3. The number of carbonyl (C=O) groups is 2. The molecule has 2 aromatic rings. The van der Waals surface area contributed by atoms with Gasteiger partial charge >= 0.3 is 0 Å². The minimum atomic E-state index is -3.83. The van der Waals surface area contributed by atoms with Crippen molar-refractivity contribution in [2.24, 2.45) is 0 Å². The molecule has 10 heteroatoms. The molecule has 196 valence electrons. The lowest BCUT2D eigenvalue weighted by atomic mass is 10.1. The van der Waals surface area contributed by atoms with Crippen LogP contribution < -0.4 is 9.62 Å². The van der Waals surface area contributed by atoms with Gasteiger partial charge in [0.15, 0.2) is 0 Å². The molecular formula is C26H33Cl2N3O4S. The number of nitrogens with one attached hydrogen (secondary N) is 1. The molecule has 0 saturated heterocycles. The summed E-state index contributed by atoms with van der Waals surface area (Å²) in [6, 6.07) is 11.3. The van der Waals surface area contributed by atoms with E-state index in [1.165, 1.54) is 11.0 Å². The number of sulfonamides is 1. The summed E-state index contributed by atoms with van der Waals surface area (Å²) < 4.78 is 26.6. The largest absolute Gasteiger partial charge is 0.352 e. The van der Waals surface area contributed by atoms with Gasteiger partial charge < -0.3 is 10.2 Å². The van der Waals surface area contributed by atoms with Gasteiger partial charge in [0.25, 0.3) is 0 Å². The first-order chi connectivity index (χ1) is 17.0. The van der Waals surface area contributed by atoms with Gasteiger partial charge in [-0.05, 0) is 61.6 Å². The van der Waals surface area contributed by atoms with Gasteiger partial charge in [0, 0.05) is 22.6 Å². The number of amides is 2. The standard InChI is InChI=1S/C26H33Cl2N3O4S/c1-4-23(26(33)29-22-7-5-6-8-22)30(16-19-10-13-20(27)14-11-19)25(32)17-31(36(3,34)35)24-15-21(28)12-9-18(24)2/h9-15,22-23H,4-8,16-17H2,1-3H3,(H,29,33)/t23-/m0/s1. The summed E-state index contributed by atoms with van der Waals surface area (Å²) in [5.41, 5.74) is 1.77. The van der Waals surface area contributed by atoms with Gasteiger partial charge in [0.2, 0.25) is 21.8 Å². The van der Waals surface area contributed by atoms with E-state index in [-0.39, 0.29) is 18.5 Å². The van der Waals surface area contributed by atoms with Gasteiger partial charge in [-0.15, -0.1) is 0 Å². The Balaban J connectivity index is 1.94. The normalized spacial score (nSPS) is 14.9. The number of halogens is 2. The predicted octanol–water partition coefficient (Wildman–Crippen LogP) is 4.93. The van der Waals surface area contributed by atoms with Crippen molar-refractivity contribution in [2.45, 2.75) is 64.6 Å². The van der Waals surface area contributed by atoms with Crippen molar-refractivity contribution in [1.82, 2.24) is 10.2 Å². The Labute approximate surface area is 223 Å². The summed E-state index contributed by atoms with van der Waals surface area (Å²) in [4.78, 5) is 28.5. The fourth-order valence-corrected chi connectivity index (χ4v) is 5.71. The third-order valence-corrected chi connectivity index (χ3v) is 8.09. The van der Waals surface area contributed by atoms with E-state index in [4.69, 9.17) is 23.2 Å². The van der Waals surface area contributed by atoms with E-state index in [2.05, 4.69) is 5.32 Å². The van der Waals surface area contributed by atoms with Crippen LogP contribution in [0.15, 0.2) is 42.5 Å². The second-order valence-electron chi connectivity index (χ2n) is 9.26. The highest BCUT2D eigenvalue weighted by Gasteiger charge is 2.33. The summed E-state index contributed by atoms with van der Waals surface area (Å²) in [7, 11) is -3.83. The number of hydrogen-bond acceptors (Lipinski definition) is 4. The molecular weight excluding hydrogens is 521 g/mol. The van der Waals surface area contributed by atoms with Crippen molar-refractivity contribution < 1.29 is 18.0 Å². The maximum atomic E-state index is 13.8. The van der Waals surface area contributed by atoms with E-state index in [0.717, 1.165) is 41.8 Å². The summed E-state index contributed by atoms with van der Waals surface area (Å²) in [6.45, 7) is 3.28. The maximum absolute atomic E-state index is 13.8. The molecule has 2 amide bonds. The highest BCUT2D eigenvalue weighted by molar-refractivity contribution is 7.92. The predicted molar refractivity (Wildman–Crippen MR) is 145 cm³/mol. The van der Waals surface area contributed by atoms with Crippen molar-refractivity contribution in [1.29, 1.82) is 0 Å². The Kier molecular flexibility index (Phi) is 9.66. The summed E-state index contributed by atoms with van der Waals surface area (Å²) in [6.07, 6.45) is 5.41. The lowest BCUT2D eigenvalue weighted by Gasteiger charge is -2.33. The molecule has 3 rings (SSSR count). The number of rotatable bonds is 10. The molecule has 36 heavy (non-hydrogen) atoms. The molecule has 1 saturated carbocycles. The van der Waals surface area contributed by atoms with E-state index in [1.54, 1.807) is 43.3 Å². The van der Waals surface area contributed by atoms with Crippen LogP contribution in [0, 0.1) is 6.92 Å². The smallest absolute Gasteiger partial charge is 0.244 e. The van der Waals surface area contributed by atoms with E-state index in [9.17, 15) is 18.0 Å². The summed E-state index contributed by atoms with van der Waals surface area (Å²) >= 11 is 12.2. The van der Waals surface area contributed by atoms with Crippen LogP contribution >= 0.6 is 23.2 Å². The molecule has 0 heterocycles. The van der Waals surface area contributed by atoms with Crippen molar-refractivity contribution in [3.63, 3.8) is 0 Å². The van der Waals surface area contributed by atoms with E-state index in [1.807, 2.05) is 6.92 Å². The average molecular weight is 555 g/mol. The van der Waals surface area contributed by atoms with Gasteiger partial charge in [0.1, 0.15) is 12.6 Å². The van der Waals surface area contributed by atoms with Crippen LogP contribution in [-0.2, 0) is 26.2 Å². The highest BCUT2D eigenvalue weighted by Crippen LogP contribution is 2.27. The van der Waals surface area contributed by atoms with Gasteiger partial charge in [-0.3, -0.25) is 13.9 Å². The fraction of sp³-hybridized carbons (Fsp3) is 0.462. The first-order valence-corrected chi connectivity index (χ1v) is 14.7. The fourth-order valence-electron chi connectivity index (χ4n) is 4.52. The third-order valence-electron chi connectivity index (χ3n) is 6.47. The Morgan fingerprint density at radius 1 is 1.06 bits per heavy atom. The molecule has 1 N–H and O–H groups in total. The summed E-state index contributed by atoms with van der Waals surface area (Å²) in [5, 5.41) is 4.00. The van der Waals surface area contributed by atoms with Crippen LogP contribution in [0.1, 0.15) is 50.2 Å². The van der Waals surface area contributed by atoms with E-state index in [0.29, 0.717) is 27.7 Å². The van der Waals surface area contributed by atoms with Gasteiger partial charge in [-0.2, -0.15) is 0 Å². The number of aryl methyl sites for hydroxylation is 1. The monoisotopic (exact) mass is 553 g/mol. The lowest BCUT2D eigenvalue weighted by Crippen LogP contribution is -2.53. The molecule has 0 unspecified atom stereocenters. The number of hydrogen-bond donors (Lipinski definition) is 1. The maximum Gasteiger partial charge on any atom is 0.244 e. The van der Waals surface area contributed by atoms with Crippen molar-refractivity contribution >= 4 is 50.7 Å². The van der Waals surface area contributed by atoms with E-state index >= 15 is 0 Å². The molecule has 1 aliphatic carbocycles. The third kappa shape index (κ3) is 7.37. The van der Waals surface area contributed by atoms with Crippen molar-refractivity contribution in [3.05, 3.63) is 63.6 Å². The van der Waals surface area contributed by atoms with Gasteiger partial charge in [-0.1, -0.05) is 61.2 Å². The topological polar surface area (TPSA) is 86.8 Å². The van der Waals surface area contributed by atoms with E-state index < -0.39 is 28.5 Å². The first-order valence-electron chi connectivity index (χ1n) is 12.1. The number of nitrogens with zero attached hydrogens (tertiary/aromatic N) is 2. The molecule has 1 fully saturated rings. The Bertz CT molecular complexity index is 1180. The molecule has 7 nitrogen and oxygen atoms in total. The van der Waals surface area contributed by atoms with Crippen molar-refractivity contribution in [2.75, 3.05) is 17.1 Å². The number of anilines is 1. The SMILES string of the molecule is CC[C@@H](C(=O)NC1CCCC1)N(Cc1ccc(Cl)cc1)C(=O)CN(c1cc(Cl)ccc1C)S(C)(=O)=O. The van der Waals surface area contributed by atoms with Crippen LogP contribution in [0.4, 0.5) is 5.69 Å². The Morgan fingerprint density at radius 3 is 2.25 bits per heavy atom. The zero-order chi connectivity index (χ0) is 26.5. The number of carbonyl (C=O) groups excluding carboxylic acids is 2. The van der Waals surface area contributed by atoms with Crippen LogP contribution in [0.3, 0.4) is 0 Å². The Morgan fingerprint density at radius 2 is 1.67 bits per heavy atom. The molecule has 2 aromatic carbocycles. The molecule has 0 bridgehead atoms. The van der Waals surface area contributed by atoms with Gasteiger partial charge in [-0.25, -0.2) is 8.42 Å². The minimum absolute atomic E-state index is 0.0978. The zero-order valence-electron chi connectivity index (χ0n) is 20.8. The second kappa shape index (κ2) is 12.3. The van der Waals surface area contributed by atoms with Crippen LogP contribution in [0.5, 0.6) is 0 Å². The summed E-state index contributed by atoms with van der Waals surface area (Å²) in [5.74, 6) is -0.709. The minimum Gasteiger partial charge on any atom is -0.352 e. The lowest BCUT2D eigenvalue weighted by molar-refractivity contribution is -0.140. The Hall–Kier alpha value is -2.29. The molecule has 0 spiro atoms. The van der Waals surface area contributed by atoms with Crippen LogP contribution in [0.2, 0.25) is 10.0 Å². The molecule has 0 radical (unpaired) electrons. The number of benzene rings is 2. The second-order valence-corrected chi connectivity index (χ2v) is 12.0. The molecule has 1 atom stereocenters. The highest BCUT2D eigenvalue weighted by atomic mass is 35.5. The quantitative estimate of drug-likeness (QED) is 0.451. The van der Waals surface area contributed by atoms with Crippen molar-refractivity contribution in [3.8, 4) is 0 Å². The average Bonchev–Trinajstić information content (AvgIpc) is 3.32. The van der Waals surface area contributed by atoms with Crippen LogP contribution in [-0.4, -0.2) is 50.0 Å². The van der Waals surface area contributed by atoms with Crippen LogP contribution in [0.25, 0.3) is 0 Å². The molecule has 1 aliphatic rings.